The Bertz CT molecular complexity index is 852. The van der Waals surface area contributed by atoms with Crippen LogP contribution < -0.4 is 5.32 Å². The lowest BCUT2D eigenvalue weighted by Crippen LogP contribution is -2.46. The second-order valence-electron chi connectivity index (χ2n) is 12.8. The Hall–Kier alpha value is -1.44. The molecule has 0 rings (SSSR count). The molecular weight excluding hydrogens is 582 g/mol. The molecule has 45 heavy (non-hydrogen) atoms. The van der Waals surface area contributed by atoms with Crippen LogP contribution in [-0.4, -0.2) is 41.9 Å². The first-order valence-electron chi connectivity index (χ1n) is 18.7. The van der Waals surface area contributed by atoms with Gasteiger partial charge in [-0.05, 0) is 57.8 Å². The highest BCUT2D eigenvalue weighted by atomic mass is 32.2. The molecule has 6 nitrogen and oxygen atoms in total. The van der Waals surface area contributed by atoms with Crippen LogP contribution in [0.15, 0.2) is 36.5 Å². The van der Waals surface area contributed by atoms with Crippen LogP contribution in [-0.2, 0) is 14.9 Å². The number of aliphatic hydroxyl groups excluding tert-OH is 1. The van der Waals surface area contributed by atoms with E-state index < -0.39 is 28.0 Å². The highest BCUT2D eigenvalue weighted by Crippen LogP contribution is 2.12. The minimum atomic E-state index is -4.35. The van der Waals surface area contributed by atoms with Crippen molar-refractivity contribution in [2.45, 2.75) is 193 Å². The van der Waals surface area contributed by atoms with Gasteiger partial charge in [0, 0.05) is 6.42 Å². The molecular formula is C38H71NO5S. The lowest BCUT2D eigenvalue weighted by molar-refractivity contribution is -0.122. The maximum Gasteiger partial charge on any atom is 0.267 e. The van der Waals surface area contributed by atoms with Crippen LogP contribution in [0.1, 0.15) is 181 Å². The molecule has 7 heteroatoms. The number of amides is 1. The Labute approximate surface area is 278 Å². The Balaban J connectivity index is 4.04. The zero-order chi connectivity index (χ0) is 33.3. The summed E-state index contributed by atoms with van der Waals surface area (Å²) in [6.07, 6.45) is 41.2. The van der Waals surface area contributed by atoms with Crippen molar-refractivity contribution in [3.63, 3.8) is 0 Å². The van der Waals surface area contributed by atoms with Crippen molar-refractivity contribution in [1.82, 2.24) is 5.32 Å². The molecule has 0 aliphatic carbocycles. The largest absolute Gasteiger partial charge is 0.387 e. The molecule has 0 saturated carbocycles. The summed E-state index contributed by atoms with van der Waals surface area (Å²) in [5.74, 6) is -1.01. The molecule has 0 saturated heterocycles. The van der Waals surface area contributed by atoms with Crippen molar-refractivity contribution in [3.05, 3.63) is 36.5 Å². The van der Waals surface area contributed by atoms with Gasteiger partial charge in [-0.3, -0.25) is 9.35 Å². The van der Waals surface area contributed by atoms with Gasteiger partial charge in [-0.25, -0.2) is 0 Å². The van der Waals surface area contributed by atoms with Gasteiger partial charge in [0.15, 0.2) is 0 Å². The van der Waals surface area contributed by atoms with Gasteiger partial charge >= 0.3 is 0 Å². The second kappa shape index (κ2) is 32.5. The fourth-order valence-corrected chi connectivity index (χ4v) is 6.19. The van der Waals surface area contributed by atoms with Crippen molar-refractivity contribution in [2.24, 2.45) is 0 Å². The van der Waals surface area contributed by atoms with E-state index >= 15 is 0 Å². The first-order valence-corrected chi connectivity index (χ1v) is 20.3. The molecule has 2 unspecified atom stereocenters. The number of hydrogen-bond acceptors (Lipinski definition) is 4. The van der Waals surface area contributed by atoms with Gasteiger partial charge in [0.25, 0.3) is 10.1 Å². The number of nitrogens with one attached hydrogen (secondary N) is 1. The molecule has 0 aliphatic heterocycles. The van der Waals surface area contributed by atoms with E-state index in [9.17, 15) is 22.9 Å². The standard InChI is InChI=1S/C38H71NO5S/c1-3-5-7-9-11-13-15-17-19-20-22-24-26-28-30-32-34-38(41)39-36(35-45(42,43)44)37(40)33-31-29-27-25-23-21-18-16-14-12-10-8-6-4-2/h19-20,23,25,31,33,36-37,40H,3-18,21-22,24,26-30,32,34-35H2,1-2H3,(H,39,41)(H,42,43,44)/b20-19-,25-23+,33-31+. The molecule has 0 aromatic rings. The first kappa shape index (κ1) is 43.6. The number of unbranched alkanes of at least 4 members (excludes halogenated alkanes) is 21. The van der Waals surface area contributed by atoms with E-state index in [1.54, 1.807) is 6.08 Å². The predicted molar refractivity (Wildman–Crippen MR) is 193 cm³/mol. The molecule has 2 atom stereocenters. The highest BCUT2D eigenvalue weighted by Gasteiger charge is 2.24. The predicted octanol–water partition coefficient (Wildman–Crippen LogP) is 10.6. The fourth-order valence-electron chi connectivity index (χ4n) is 5.46. The number of hydrogen-bond donors (Lipinski definition) is 3. The maximum absolute atomic E-state index is 12.5. The Morgan fingerprint density at radius 3 is 1.40 bits per heavy atom. The summed E-state index contributed by atoms with van der Waals surface area (Å²) in [6.45, 7) is 4.50. The topological polar surface area (TPSA) is 104 Å². The van der Waals surface area contributed by atoms with E-state index in [1.807, 2.05) is 0 Å². The summed E-state index contributed by atoms with van der Waals surface area (Å²) in [4.78, 5) is 12.5. The average Bonchev–Trinajstić information content (AvgIpc) is 3.00. The molecule has 0 radical (unpaired) electrons. The lowest BCUT2D eigenvalue weighted by Gasteiger charge is -2.21. The van der Waals surface area contributed by atoms with Crippen LogP contribution in [0.25, 0.3) is 0 Å². The van der Waals surface area contributed by atoms with E-state index in [0.29, 0.717) is 6.42 Å². The average molecular weight is 654 g/mol. The summed E-state index contributed by atoms with van der Waals surface area (Å²) in [5.41, 5.74) is 0. The molecule has 0 aromatic heterocycles. The summed E-state index contributed by atoms with van der Waals surface area (Å²) in [6, 6.07) is -1.07. The van der Waals surface area contributed by atoms with Crippen molar-refractivity contribution in [3.8, 4) is 0 Å². The monoisotopic (exact) mass is 654 g/mol. The highest BCUT2D eigenvalue weighted by molar-refractivity contribution is 7.85. The molecule has 264 valence electrons. The molecule has 0 aliphatic rings. The molecule has 0 fully saturated rings. The minimum absolute atomic E-state index is 0.278. The lowest BCUT2D eigenvalue weighted by atomic mass is 10.1. The van der Waals surface area contributed by atoms with Crippen LogP contribution in [0, 0.1) is 0 Å². The number of rotatable bonds is 33. The van der Waals surface area contributed by atoms with Gasteiger partial charge in [0.2, 0.25) is 5.91 Å². The van der Waals surface area contributed by atoms with Gasteiger partial charge < -0.3 is 10.4 Å². The normalized spacial score (nSPS) is 13.8. The van der Waals surface area contributed by atoms with Gasteiger partial charge in [-0.1, -0.05) is 153 Å². The molecule has 0 heterocycles. The van der Waals surface area contributed by atoms with Crippen molar-refractivity contribution in [2.75, 3.05) is 5.75 Å². The SMILES string of the molecule is CCCCCCCCC/C=C\CCCCCCCC(=O)NC(CS(=O)(=O)O)C(O)/C=C/CC/C=C/CCCCCCCCCC. The summed E-state index contributed by atoms with van der Waals surface area (Å²) < 4.78 is 32.3. The minimum Gasteiger partial charge on any atom is -0.387 e. The third kappa shape index (κ3) is 33.7. The van der Waals surface area contributed by atoms with Gasteiger partial charge in [-0.15, -0.1) is 0 Å². The van der Waals surface area contributed by atoms with Gasteiger partial charge in [0.1, 0.15) is 0 Å². The first-order chi connectivity index (χ1) is 21.8. The van der Waals surface area contributed by atoms with Crippen molar-refractivity contribution >= 4 is 16.0 Å². The number of carbonyl (C=O) groups excluding carboxylic acids is 1. The summed E-state index contributed by atoms with van der Waals surface area (Å²) >= 11 is 0. The third-order valence-corrected chi connectivity index (χ3v) is 9.07. The smallest absolute Gasteiger partial charge is 0.267 e. The third-order valence-electron chi connectivity index (χ3n) is 8.29. The molecule has 1 amide bonds. The van der Waals surface area contributed by atoms with Crippen LogP contribution in [0.2, 0.25) is 0 Å². The Morgan fingerprint density at radius 1 is 0.578 bits per heavy atom. The van der Waals surface area contributed by atoms with Crippen LogP contribution in [0.4, 0.5) is 0 Å². The molecule has 3 N–H and O–H groups in total. The van der Waals surface area contributed by atoms with E-state index in [1.165, 1.54) is 109 Å². The van der Waals surface area contributed by atoms with Gasteiger partial charge in [0.05, 0.1) is 17.9 Å². The Morgan fingerprint density at radius 2 is 0.956 bits per heavy atom. The second-order valence-corrected chi connectivity index (χ2v) is 14.3. The molecule has 0 spiro atoms. The van der Waals surface area contributed by atoms with E-state index in [0.717, 1.165) is 51.4 Å². The van der Waals surface area contributed by atoms with E-state index in [2.05, 4.69) is 43.5 Å². The number of carbonyl (C=O) groups is 1. The zero-order valence-electron chi connectivity index (χ0n) is 29.2. The Kier molecular flexibility index (Phi) is 31.5. The van der Waals surface area contributed by atoms with E-state index in [4.69, 9.17) is 0 Å². The van der Waals surface area contributed by atoms with Crippen LogP contribution in [0.5, 0.6) is 0 Å². The summed E-state index contributed by atoms with van der Waals surface area (Å²) in [5, 5.41) is 13.1. The number of aliphatic hydroxyl groups is 1. The van der Waals surface area contributed by atoms with Crippen molar-refractivity contribution < 1.29 is 22.9 Å². The van der Waals surface area contributed by atoms with Crippen molar-refractivity contribution in [1.29, 1.82) is 0 Å². The maximum atomic E-state index is 12.5. The quantitative estimate of drug-likeness (QED) is 0.0371. The molecule has 0 aromatic carbocycles. The van der Waals surface area contributed by atoms with E-state index in [-0.39, 0.29) is 12.3 Å². The zero-order valence-corrected chi connectivity index (χ0v) is 30.1. The van der Waals surface area contributed by atoms with Crippen LogP contribution >= 0.6 is 0 Å². The van der Waals surface area contributed by atoms with Crippen LogP contribution in [0.3, 0.4) is 0 Å². The number of allylic oxidation sites excluding steroid dienone is 5. The fraction of sp³-hybridized carbons (Fsp3) is 0.816. The summed E-state index contributed by atoms with van der Waals surface area (Å²) in [7, 11) is -4.35. The van der Waals surface area contributed by atoms with Gasteiger partial charge in [-0.2, -0.15) is 8.42 Å². The molecule has 0 bridgehead atoms.